The summed E-state index contributed by atoms with van der Waals surface area (Å²) in [6.45, 7) is 0. The molecule has 29 valence electrons. The van der Waals surface area contributed by atoms with E-state index in [-0.39, 0.29) is 109 Å². The van der Waals surface area contributed by atoms with Crippen LogP contribution in [-0.4, -0.2) is 51.0 Å². The van der Waals surface area contributed by atoms with Gasteiger partial charge in [-0.15, -0.1) is 0 Å². The molecular weight excluding hydrogens is 321 g/mol. The fourth-order valence-corrected chi connectivity index (χ4v) is 0. The second-order valence-electron chi connectivity index (χ2n) is 0. The summed E-state index contributed by atoms with van der Waals surface area (Å²) in [7, 11) is 0. The van der Waals surface area contributed by atoms with Crippen LogP contribution >= 0.6 is 0 Å². The van der Waals surface area contributed by atoms with Gasteiger partial charge in [0.1, 0.15) is 0 Å². The van der Waals surface area contributed by atoms with E-state index in [1.165, 1.54) is 0 Å². The molecule has 0 aromatic carbocycles. The Morgan fingerprint density at radius 1 is 1.25 bits per heavy atom. The SMILES string of the molecule is O.[Dy].[H-].[H-].[Mn].[Sr+2]. The molecule has 1 radical (unpaired) electrons. The first-order valence-electron chi connectivity index (χ1n) is 0. The molecular formula is H4DyMnOSr. The molecule has 0 saturated heterocycles. The molecule has 0 aliphatic heterocycles. The quantitative estimate of drug-likeness (QED) is 0.513. The fourth-order valence-electron chi connectivity index (χ4n) is 0. The molecule has 0 atom stereocenters. The van der Waals surface area contributed by atoms with Gasteiger partial charge in [0.25, 0.3) is 0 Å². The van der Waals surface area contributed by atoms with Crippen molar-refractivity contribution in [2.24, 2.45) is 0 Å². The van der Waals surface area contributed by atoms with Crippen LogP contribution < -0.4 is 0 Å². The van der Waals surface area contributed by atoms with Crippen molar-refractivity contribution < 1.29 is 63.6 Å². The third kappa shape index (κ3) is 8.97. The molecule has 0 bridgehead atoms. The Kier molecular flexibility index (Phi) is 110. The summed E-state index contributed by atoms with van der Waals surface area (Å²) in [5.74, 6) is 0. The summed E-state index contributed by atoms with van der Waals surface area (Å²) in [4.78, 5) is 0. The van der Waals surface area contributed by atoms with E-state index in [9.17, 15) is 0 Å². The van der Waals surface area contributed by atoms with E-state index < -0.39 is 0 Å². The summed E-state index contributed by atoms with van der Waals surface area (Å²) in [6.07, 6.45) is 0. The van der Waals surface area contributed by atoms with Crippen LogP contribution in [0, 0.1) is 38.2 Å². The first-order valence-corrected chi connectivity index (χ1v) is 0. The third-order valence-corrected chi connectivity index (χ3v) is 0. The van der Waals surface area contributed by atoms with Crippen molar-refractivity contribution in [3.63, 3.8) is 0 Å². The monoisotopic (exact) mass is 327 g/mol. The zero-order chi connectivity index (χ0) is 0. The Labute approximate surface area is 106 Å². The summed E-state index contributed by atoms with van der Waals surface area (Å²) < 4.78 is 0. The number of hydrogen-bond acceptors (Lipinski definition) is 0. The van der Waals surface area contributed by atoms with E-state index in [0.717, 1.165) is 0 Å². The zero-order valence-electron chi connectivity index (χ0n) is 3.90. The van der Waals surface area contributed by atoms with Gasteiger partial charge in [-0.05, 0) is 0 Å². The van der Waals surface area contributed by atoms with Gasteiger partial charge < -0.3 is 8.33 Å². The van der Waals surface area contributed by atoms with Gasteiger partial charge in [0.2, 0.25) is 0 Å². The van der Waals surface area contributed by atoms with Crippen molar-refractivity contribution in [2.75, 3.05) is 0 Å². The van der Waals surface area contributed by atoms with Crippen molar-refractivity contribution >= 4 is 45.5 Å². The normalized spacial score (nSPS) is 0. The molecule has 1 nitrogen and oxygen atoms in total. The predicted octanol–water partition coefficient (Wildman–Crippen LogP) is -0.983. The van der Waals surface area contributed by atoms with Gasteiger partial charge in [-0.2, -0.15) is 0 Å². The molecule has 0 aromatic rings. The van der Waals surface area contributed by atoms with Gasteiger partial charge in [0.15, 0.2) is 0 Å². The third-order valence-electron chi connectivity index (χ3n) is 0. The molecule has 0 heterocycles. The van der Waals surface area contributed by atoms with Crippen LogP contribution in [0.2, 0.25) is 0 Å². The van der Waals surface area contributed by atoms with Crippen LogP contribution in [0.3, 0.4) is 0 Å². The molecule has 0 aromatic heterocycles. The molecule has 0 fully saturated rings. The van der Waals surface area contributed by atoms with Crippen LogP contribution in [-0.2, 0) is 17.1 Å². The second-order valence-corrected chi connectivity index (χ2v) is 0. The van der Waals surface area contributed by atoms with Crippen molar-refractivity contribution in [2.45, 2.75) is 0 Å². The molecule has 2 N–H and O–H groups in total. The van der Waals surface area contributed by atoms with Crippen LogP contribution in [0.15, 0.2) is 0 Å². The van der Waals surface area contributed by atoms with Gasteiger partial charge in [0, 0.05) is 55.2 Å². The minimum absolute atomic E-state index is 0. The average molecular weight is 325 g/mol. The van der Waals surface area contributed by atoms with Crippen LogP contribution in [0.1, 0.15) is 2.85 Å². The molecule has 0 unspecified atom stereocenters. The Morgan fingerprint density at radius 2 is 1.25 bits per heavy atom. The summed E-state index contributed by atoms with van der Waals surface area (Å²) in [5, 5.41) is 0. The van der Waals surface area contributed by atoms with E-state index in [4.69, 9.17) is 0 Å². The van der Waals surface area contributed by atoms with Crippen molar-refractivity contribution in [1.29, 1.82) is 0 Å². The van der Waals surface area contributed by atoms with E-state index in [1.807, 2.05) is 0 Å². The van der Waals surface area contributed by atoms with Crippen molar-refractivity contribution in [1.82, 2.24) is 0 Å². The molecule has 0 amide bonds. The molecule has 0 saturated carbocycles. The zero-order valence-corrected chi connectivity index (χ0v) is 8.59. The average Bonchev–Trinajstić information content (AvgIpc) is 0. The fraction of sp³-hybridized carbons (Fsp3) is 0. The van der Waals surface area contributed by atoms with E-state index in [1.54, 1.807) is 0 Å². The molecule has 0 rings (SSSR count). The van der Waals surface area contributed by atoms with Crippen LogP contribution in [0.25, 0.3) is 0 Å². The molecule has 4 heavy (non-hydrogen) atoms. The number of hydrogen-bond donors (Lipinski definition) is 0. The molecule has 0 aliphatic rings. The Hall–Kier alpha value is 3.23. The molecule has 0 aliphatic carbocycles. The van der Waals surface area contributed by atoms with E-state index in [0.29, 0.717) is 0 Å². The van der Waals surface area contributed by atoms with E-state index in [2.05, 4.69) is 0 Å². The Morgan fingerprint density at radius 3 is 1.25 bits per heavy atom. The van der Waals surface area contributed by atoms with Crippen LogP contribution in [0.4, 0.5) is 0 Å². The summed E-state index contributed by atoms with van der Waals surface area (Å²) >= 11 is 0. The minimum atomic E-state index is 0. The summed E-state index contributed by atoms with van der Waals surface area (Å²) in [5.41, 5.74) is 0. The maximum absolute atomic E-state index is 0. The van der Waals surface area contributed by atoms with Crippen LogP contribution in [0.5, 0.6) is 0 Å². The Balaban J connectivity index is 0. The maximum atomic E-state index is 0. The first-order chi connectivity index (χ1) is 0. The van der Waals surface area contributed by atoms with Gasteiger partial charge in [-0.1, -0.05) is 0 Å². The van der Waals surface area contributed by atoms with Crippen molar-refractivity contribution in [3.8, 4) is 0 Å². The van der Waals surface area contributed by atoms with Gasteiger partial charge in [0.05, 0.1) is 0 Å². The standard InChI is InChI=1S/Dy.Mn.H2O.Sr.2H/h;;1H2;;;/q;;;+2;2*-1. The molecule has 4 heteroatoms. The smallest absolute Gasteiger partial charge is 1.00 e. The largest absolute Gasteiger partial charge is 2.00 e. The molecule has 0 spiro atoms. The van der Waals surface area contributed by atoms with Crippen molar-refractivity contribution in [3.05, 3.63) is 0 Å². The Bertz CT molecular complexity index is 13.5. The first kappa shape index (κ1) is 26.9. The number of rotatable bonds is 0. The maximum Gasteiger partial charge on any atom is 2.00 e. The van der Waals surface area contributed by atoms with E-state index >= 15 is 0 Å². The van der Waals surface area contributed by atoms with Gasteiger partial charge >= 0.3 is 45.5 Å². The minimum Gasteiger partial charge on any atom is -1.00 e. The summed E-state index contributed by atoms with van der Waals surface area (Å²) in [6, 6.07) is 0. The predicted molar refractivity (Wildman–Crippen MR) is 11.6 cm³/mol. The second kappa shape index (κ2) is 16.3. The topological polar surface area (TPSA) is 31.5 Å². The van der Waals surface area contributed by atoms with Gasteiger partial charge in [-0.3, -0.25) is 0 Å². The van der Waals surface area contributed by atoms with Gasteiger partial charge in [-0.25, -0.2) is 0 Å².